The van der Waals surface area contributed by atoms with Crippen molar-refractivity contribution in [1.82, 2.24) is 20.6 Å². The van der Waals surface area contributed by atoms with Crippen LogP contribution in [0.25, 0.3) is 11.0 Å². The van der Waals surface area contributed by atoms with E-state index in [2.05, 4.69) is 20.5 Å². The summed E-state index contributed by atoms with van der Waals surface area (Å²) in [7, 11) is 0. The van der Waals surface area contributed by atoms with Gasteiger partial charge in [0.15, 0.2) is 11.5 Å². The Balaban J connectivity index is 1.53. The molecule has 4 rings (SSSR count). The van der Waals surface area contributed by atoms with E-state index in [1.165, 1.54) is 0 Å². The Kier molecular flexibility index (Phi) is 6.46. The van der Waals surface area contributed by atoms with Crippen molar-refractivity contribution in [3.8, 4) is 0 Å². The zero-order valence-electron chi connectivity index (χ0n) is 17.9. The molecule has 1 atom stereocenters. The van der Waals surface area contributed by atoms with Crippen LogP contribution in [0.2, 0.25) is 0 Å². The maximum atomic E-state index is 12.8. The van der Waals surface area contributed by atoms with Gasteiger partial charge in [-0.3, -0.25) is 4.79 Å². The minimum Gasteiger partial charge on any atom is -0.381 e. The van der Waals surface area contributed by atoms with Crippen molar-refractivity contribution in [2.45, 2.75) is 57.8 Å². The van der Waals surface area contributed by atoms with Gasteiger partial charge in [-0.2, -0.15) is 0 Å². The van der Waals surface area contributed by atoms with Crippen molar-refractivity contribution in [3.63, 3.8) is 0 Å². The second-order valence-corrected chi connectivity index (χ2v) is 8.46. The Morgan fingerprint density at radius 2 is 1.83 bits per heavy atom. The molecule has 162 valence electrons. The number of hydrogen-bond donors (Lipinski definition) is 3. The lowest BCUT2D eigenvalue weighted by Crippen LogP contribution is -2.48. The highest BCUT2D eigenvalue weighted by Crippen LogP contribution is 2.25. The number of rotatable bonds is 5. The van der Waals surface area contributed by atoms with Crippen LogP contribution in [0.5, 0.6) is 0 Å². The predicted molar refractivity (Wildman–Crippen MR) is 118 cm³/mol. The van der Waals surface area contributed by atoms with E-state index in [-0.39, 0.29) is 5.91 Å². The third-order valence-electron chi connectivity index (χ3n) is 5.86. The first-order valence-corrected chi connectivity index (χ1v) is 10.9. The number of aryl methyl sites for hydroxylation is 1. The number of fused-ring (bicyclic) bond motifs is 1. The number of carbonyl (C=O) groups is 1. The van der Waals surface area contributed by atoms with Gasteiger partial charge in [0, 0.05) is 38.4 Å². The Labute approximate surface area is 177 Å². The van der Waals surface area contributed by atoms with Crippen molar-refractivity contribution in [1.29, 1.82) is 0 Å². The molecule has 0 saturated carbocycles. The number of nitrogens with one attached hydrogen (secondary N) is 2. The van der Waals surface area contributed by atoms with E-state index in [1.807, 2.05) is 25.1 Å². The Morgan fingerprint density at radius 1 is 1.13 bits per heavy atom. The number of ether oxygens (including phenoxy) is 1. The van der Waals surface area contributed by atoms with Gasteiger partial charge in [-0.05, 0) is 57.2 Å². The molecule has 1 aromatic heterocycles. The van der Waals surface area contributed by atoms with Crippen molar-refractivity contribution in [2.24, 2.45) is 5.73 Å². The standard InChI is InChI=1S/C22H32N6O2/c1-14-3-4-18-19(13-14)26-20(22(29)24-15(2)23)21(27-18)28-9-5-16(6-10-28)25-17-7-11-30-12-8-17/h3-4,13,15-17,25H,5-12,23H2,1-2H3,(H,24,29). The number of carbonyl (C=O) groups excluding carboxylic acids is 1. The van der Waals surface area contributed by atoms with Crippen LogP contribution < -0.4 is 21.3 Å². The summed E-state index contributed by atoms with van der Waals surface area (Å²) in [4.78, 5) is 24.5. The first kappa shape index (κ1) is 21.0. The second kappa shape index (κ2) is 9.24. The Morgan fingerprint density at radius 3 is 2.53 bits per heavy atom. The van der Waals surface area contributed by atoms with Crippen LogP contribution in [0.1, 0.15) is 48.7 Å². The van der Waals surface area contributed by atoms with Crippen LogP contribution >= 0.6 is 0 Å². The van der Waals surface area contributed by atoms with Gasteiger partial charge in [0.1, 0.15) is 0 Å². The molecular weight excluding hydrogens is 380 g/mol. The van der Waals surface area contributed by atoms with Gasteiger partial charge in [0.2, 0.25) is 0 Å². The predicted octanol–water partition coefficient (Wildman–Crippen LogP) is 1.71. The number of hydrogen-bond acceptors (Lipinski definition) is 7. The maximum Gasteiger partial charge on any atom is 0.274 e. The smallest absolute Gasteiger partial charge is 0.274 e. The van der Waals surface area contributed by atoms with E-state index in [1.54, 1.807) is 6.92 Å². The lowest BCUT2D eigenvalue weighted by Gasteiger charge is -2.36. The van der Waals surface area contributed by atoms with E-state index < -0.39 is 6.17 Å². The monoisotopic (exact) mass is 412 g/mol. The third-order valence-corrected chi connectivity index (χ3v) is 5.86. The molecule has 2 aromatic rings. The molecule has 8 nitrogen and oxygen atoms in total. The zero-order valence-corrected chi connectivity index (χ0v) is 17.9. The molecule has 2 saturated heterocycles. The Bertz CT molecular complexity index is 889. The lowest BCUT2D eigenvalue weighted by molar-refractivity contribution is 0.0738. The van der Waals surface area contributed by atoms with Gasteiger partial charge in [0.05, 0.1) is 17.2 Å². The molecule has 1 amide bonds. The van der Waals surface area contributed by atoms with Crippen molar-refractivity contribution in [3.05, 3.63) is 29.5 Å². The largest absolute Gasteiger partial charge is 0.381 e. The number of amides is 1. The van der Waals surface area contributed by atoms with E-state index in [4.69, 9.17) is 15.5 Å². The third kappa shape index (κ3) is 4.88. The number of aromatic nitrogens is 2. The molecule has 0 radical (unpaired) electrons. The first-order chi connectivity index (χ1) is 14.5. The highest BCUT2D eigenvalue weighted by molar-refractivity contribution is 5.99. The molecule has 1 unspecified atom stereocenters. The van der Waals surface area contributed by atoms with E-state index in [0.29, 0.717) is 23.6 Å². The molecule has 2 aliphatic heterocycles. The molecule has 0 spiro atoms. The molecule has 8 heteroatoms. The van der Waals surface area contributed by atoms with Crippen LogP contribution in [0, 0.1) is 6.92 Å². The molecule has 2 fully saturated rings. The van der Waals surface area contributed by atoms with Crippen LogP contribution in [0.15, 0.2) is 18.2 Å². The van der Waals surface area contributed by atoms with Crippen molar-refractivity contribution >= 4 is 22.8 Å². The average Bonchev–Trinajstić information content (AvgIpc) is 2.73. The summed E-state index contributed by atoms with van der Waals surface area (Å²) < 4.78 is 5.46. The van der Waals surface area contributed by atoms with E-state index >= 15 is 0 Å². The zero-order chi connectivity index (χ0) is 21.1. The maximum absolute atomic E-state index is 12.8. The summed E-state index contributed by atoms with van der Waals surface area (Å²) >= 11 is 0. The minimum absolute atomic E-state index is 0.279. The summed E-state index contributed by atoms with van der Waals surface area (Å²) in [6.45, 7) is 7.12. The minimum atomic E-state index is -0.449. The van der Waals surface area contributed by atoms with Gasteiger partial charge in [-0.1, -0.05) is 6.07 Å². The van der Waals surface area contributed by atoms with Crippen molar-refractivity contribution in [2.75, 3.05) is 31.2 Å². The fraction of sp³-hybridized carbons (Fsp3) is 0.591. The molecule has 3 heterocycles. The fourth-order valence-electron chi connectivity index (χ4n) is 4.26. The molecule has 1 aromatic carbocycles. The first-order valence-electron chi connectivity index (χ1n) is 10.9. The van der Waals surface area contributed by atoms with Crippen LogP contribution in [0.3, 0.4) is 0 Å². The average molecular weight is 413 g/mol. The highest BCUT2D eigenvalue weighted by Gasteiger charge is 2.27. The molecule has 30 heavy (non-hydrogen) atoms. The normalized spacial score (nSPS) is 19.8. The molecule has 0 aliphatic carbocycles. The van der Waals surface area contributed by atoms with Crippen LogP contribution in [0.4, 0.5) is 5.82 Å². The van der Waals surface area contributed by atoms with E-state index in [0.717, 1.165) is 68.6 Å². The Hall–Kier alpha value is -2.29. The molecule has 0 bridgehead atoms. The van der Waals surface area contributed by atoms with Gasteiger partial charge in [-0.25, -0.2) is 9.97 Å². The molecule has 2 aliphatic rings. The SMILES string of the molecule is Cc1ccc2nc(N3CCC(NC4CCOCC4)CC3)c(C(=O)NC(C)N)nc2c1. The van der Waals surface area contributed by atoms with Crippen molar-refractivity contribution < 1.29 is 9.53 Å². The summed E-state index contributed by atoms with van der Waals surface area (Å²) in [5.41, 5.74) is 8.75. The molecule has 4 N–H and O–H groups in total. The topological polar surface area (TPSA) is 105 Å². The fourth-order valence-corrected chi connectivity index (χ4v) is 4.26. The summed E-state index contributed by atoms with van der Waals surface area (Å²) in [5.74, 6) is 0.368. The lowest BCUT2D eigenvalue weighted by atomic mass is 10.0. The van der Waals surface area contributed by atoms with Gasteiger partial charge in [-0.15, -0.1) is 0 Å². The number of piperidine rings is 1. The number of nitrogens with zero attached hydrogens (tertiary/aromatic N) is 3. The second-order valence-electron chi connectivity index (χ2n) is 8.46. The molecular formula is C22H32N6O2. The van der Waals surface area contributed by atoms with Crippen LogP contribution in [-0.4, -0.2) is 60.4 Å². The van der Waals surface area contributed by atoms with Gasteiger partial charge in [0.25, 0.3) is 5.91 Å². The van der Waals surface area contributed by atoms with E-state index in [9.17, 15) is 4.79 Å². The summed E-state index contributed by atoms with van der Waals surface area (Å²) in [6.07, 6.45) is 3.74. The van der Waals surface area contributed by atoms with Crippen LogP contribution in [-0.2, 0) is 4.74 Å². The summed E-state index contributed by atoms with van der Waals surface area (Å²) in [6, 6.07) is 6.98. The highest BCUT2D eigenvalue weighted by atomic mass is 16.5. The number of anilines is 1. The van der Waals surface area contributed by atoms with Gasteiger partial charge >= 0.3 is 0 Å². The summed E-state index contributed by atoms with van der Waals surface area (Å²) in [5, 5.41) is 6.56. The number of benzene rings is 1. The van der Waals surface area contributed by atoms with Gasteiger partial charge < -0.3 is 26.0 Å². The quantitative estimate of drug-likeness (QED) is 0.642. The number of nitrogens with two attached hydrogens (primary N) is 1.